The van der Waals surface area contributed by atoms with Crippen LogP contribution in [0.25, 0.3) is 0 Å². The predicted molar refractivity (Wildman–Crippen MR) is 44.6 cm³/mol. The summed E-state index contributed by atoms with van der Waals surface area (Å²) in [4.78, 5) is 1.54. The molecule has 0 aromatic carbocycles. The van der Waals surface area contributed by atoms with Gasteiger partial charge in [-0.1, -0.05) is 25.2 Å². The van der Waals surface area contributed by atoms with Gasteiger partial charge in [-0.05, 0) is 23.5 Å². The van der Waals surface area contributed by atoms with Crippen LogP contribution in [0.1, 0.15) is 19.8 Å². The average Bonchev–Trinajstić information content (AvgIpc) is 1.91. The third kappa shape index (κ3) is 2.27. The minimum absolute atomic E-state index is 1.21. The minimum Gasteiger partial charge on any atom is -0.131 e. The summed E-state index contributed by atoms with van der Waals surface area (Å²) in [6.07, 6.45) is 9.09. The molecule has 0 atom stereocenters. The van der Waals surface area contributed by atoms with Gasteiger partial charge in [0.05, 0.1) is 0 Å². The summed E-state index contributed by atoms with van der Waals surface area (Å²) < 4.78 is 0. The van der Waals surface area contributed by atoms with Crippen LogP contribution < -0.4 is 0 Å². The second-order valence-electron chi connectivity index (χ2n) is 2.03. The molecule has 0 unspecified atom stereocenters. The molecular formula is C8H12S. The number of thioether (sulfide) groups is 1. The molecule has 0 saturated carbocycles. The topological polar surface area (TPSA) is 0 Å². The van der Waals surface area contributed by atoms with Gasteiger partial charge < -0.3 is 0 Å². The van der Waals surface area contributed by atoms with Crippen molar-refractivity contribution in [3.63, 3.8) is 0 Å². The molecule has 0 saturated heterocycles. The minimum atomic E-state index is 1.21. The molecule has 1 heteroatoms. The van der Waals surface area contributed by atoms with Crippen LogP contribution in [-0.2, 0) is 0 Å². The highest BCUT2D eigenvalue weighted by molar-refractivity contribution is 8.03. The molecule has 1 aliphatic carbocycles. The largest absolute Gasteiger partial charge is 0.131 e. The normalized spacial score (nSPS) is 17.7. The zero-order valence-corrected chi connectivity index (χ0v) is 6.58. The maximum absolute atomic E-state index is 2.22. The van der Waals surface area contributed by atoms with E-state index < -0.39 is 0 Å². The fourth-order valence-corrected chi connectivity index (χ4v) is 1.69. The van der Waals surface area contributed by atoms with Crippen molar-refractivity contribution in [3.05, 3.63) is 23.1 Å². The third-order valence-corrected chi connectivity index (χ3v) is 2.31. The summed E-state index contributed by atoms with van der Waals surface area (Å²) in [6, 6.07) is 0. The van der Waals surface area contributed by atoms with E-state index in [1.807, 2.05) is 11.8 Å². The van der Waals surface area contributed by atoms with E-state index >= 15 is 0 Å². The zero-order valence-electron chi connectivity index (χ0n) is 5.76. The van der Waals surface area contributed by atoms with Crippen LogP contribution in [0.3, 0.4) is 0 Å². The first kappa shape index (κ1) is 6.94. The van der Waals surface area contributed by atoms with Crippen molar-refractivity contribution in [1.82, 2.24) is 0 Å². The molecule has 0 aromatic rings. The Labute approximate surface area is 61.0 Å². The monoisotopic (exact) mass is 140 g/mol. The lowest BCUT2D eigenvalue weighted by Gasteiger charge is -2.04. The van der Waals surface area contributed by atoms with Gasteiger partial charge in [-0.2, -0.15) is 0 Å². The maximum atomic E-state index is 2.22. The molecule has 0 N–H and O–H groups in total. The summed E-state index contributed by atoms with van der Waals surface area (Å²) in [5, 5.41) is 0. The van der Waals surface area contributed by atoms with Crippen molar-refractivity contribution in [2.45, 2.75) is 19.8 Å². The van der Waals surface area contributed by atoms with E-state index in [9.17, 15) is 0 Å². The lowest BCUT2D eigenvalue weighted by Crippen LogP contribution is -1.81. The Bertz CT molecular complexity index is 134. The molecular weight excluding hydrogens is 128 g/mol. The standard InChI is InChI=1S/C8H12S/c1-2-9-8-6-4-3-5-7-8/h3-4,6H,2,5,7H2,1H3. The van der Waals surface area contributed by atoms with E-state index in [0.29, 0.717) is 0 Å². The number of allylic oxidation sites excluding steroid dienone is 4. The van der Waals surface area contributed by atoms with Gasteiger partial charge in [0.2, 0.25) is 0 Å². The smallest absolute Gasteiger partial charge is 0.00517 e. The van der Waals surface area contributed by atoms with Crippen LogP contribution in [0.4, 0.5) is 0 Å². The number of rotatable bonds is 2. The van der Waals surface area contributed by atoms with Crippen LogP contribution in [0.5, 0.6) is 0 Å². The molecule has 1 aliphatic rings. The summed E-state index contributed by atoms with van der Waals surface area (Å²) >= 11 is 1.96. The molecule has 0 spiro atoms. The summed E-state index contributed by atoms with van der Waals surface area (Å²) in [5.74, 6) is 1.21. The Morgan fingerprint density at radius 3 is 3.11 bits per heavy atom. The fraction of sp³-hybridized carbons (Fsp3) is 0.500. The SMILES string of the molecule is CCSC1=CC=CCC1. The lowest BCUT2D eigenvalue weighted by atomic mass is 10.2. The van der Waals surface area contributed by atoms with Crippen molar-refractivity contribution >= 4 is 11.8 Å². The first-order chi connectivity index (χ1) is 4.43. The summed E-state index contributed by atoms with van der Waals surface area (Å²) in [6.45, 7) is 2.20. The van der Waals surface area contributed by atoms with Crippen LogP contribution in [0.2, 0.25) is 0 Å². The molecule has 50 valence electrons. The molecule has 0 aromatic heterocycles. The predicted octanol–water partition coefficient (Wildman–Crippen LogP) is 2.97. The van der Waals surface area contributed by atoms with E-state index in [4.69, 9.17) is 0 Å². The lowest BCUT2D eigenvalue weighted by molar-refractivity contribution is 1.02. The van der Waals surface area contributed by atoms with Crippen molar-refractivity contribution in [3.8, 4) is 0 Å². The Hall–Kier alpha value is -0.170. The Morgan fingerprint density at radius 1 is 1.67 bits per heavy atom. The van der Waals surface area contributed by atoms with Crippen molar-refractivity contribution in [2.75, 3.05) is 5.75 Å². The second kappa shape index (κ2) is 3.78. The highest BCUT2D eigenvalue weighted by Crippen LogP contribution is 2.23. The van der Waals surface area contributed by atoms with Gasteiger partial charge in [-0.3, -0.25) is 0 Å². The van der Waals surface area contributed by atoms with E-state index in [2.05, 4.69) is 25.2 Å². The highest BCUT2D eigenvalue weighted by atomic mass is 32.2. The maximum Gasteiger partial charge on any atom is -0.00517 e. The van der Waals surface area contributed by atoms with Crippen LogP contribution in [-0.4, -0.2) is 5.75 Å². The second-order valence-corrected chi connectivity index (χ2v) is 3.42. The Kier molecular flexibility index (Phi) is 2.92. The summed E-state index contributed by atoms with van der Waals surface area (Å²) in [7, 11) is 0. The van der Waals surface area contributed by atoms with Gasteiger partial charge in [0, 0.05) is 0 Å². The fourth-order valence-electron chi connectivity index (χ4n) is 0.886. The first-order valence-corrected chi connectivity index (χ1v) is 4.40. The first-order valence-electron chi connectivity index (χ1n) is 3.42. The van der Waals surface area contributed by atoms with Crippen LogP contribution in [0, 0.1) is 0 Å². The van der Waals surface area contributed by atoms with E-state index in [1.54, 1.807) is 4.91 Å². The van der Waals surface area contributed by atoms with Crippen LogP contribution in [0.15, 0.2) is 23.1 Å². The molecule has 0 bridgehead atoms. The Morgan fingerprint density at radius 2 is 2.56 bits per heavy atom. The van der Waals surface area contributed by atoms with Crippen molar-refractivity contribution < 1.29 is 0 Å². The van der Waals surface area contributed by atoms with E-state index in [-0.39, 0.29) is 0 Å². The van der Waals surface area contributed by atoms with Crippen molar-refractivity contribution in [2.24, 2.45) is 0 Å². The Balaban J connectivity index is 2.38. The quantitative estimate of drug-likeness (QED) is 0.568. The molecule has 0 aliphatic heterocycles. The summed E-state index contributed by atoms with van der Waals surface area (Å²) in [5.41, 5.74) is 0. The van der Waals surface area contributed by atoms with Crippen molar-refractivity contribution in [1.29, 1.82) is 0 Å². The zero-order chi connectivity index (χ0) is 6.53. The average molecular weight is 140 g/mol. The molecule has 9 heavy (non-hydrogen) atoms. The molecule has 0 radical (unpaired) electrons. The molecule has 0 amide bonds. The van der Waals surface area contributed by atoms with E-state index in [0.717, 1.165) is 0 Å². The molecule has 0 fully saturated rings. The number of hydrogen-bond acceptors (Lipinski definition) is 1. The van der Waals surface area contributed by atoms with Gasteiger partial charge in [0.25, 0.3) is 0 Å². The van der Waals surface area contributed by atoms with Gasteiger partial charge >= 0.3 is 0 Å². The third-order valence-electron chi connectivity index (χ3n) is 1.31. The van der Waals surface area contributed by atoms with Crippen LogP contribution >= 0.6 is 11.8 Å². The molecule has 1 rings (SSSR count). The number of hydrogen-bond donors (Lipinski definition) is 0. The van der Waals surface area contributed by atoms with Gasteiger partial charge in [0.1, 0.15) is 0 Å². The van der Waals surface area contributed by atoms with Gasteiger partial charge in [0.15, 0.2) is 0 Å². The molecule has 0 heterocycles. The highest BCUT2D eigenvalue weighted by Gasteiger charge is 1.96. The van der Waals surface area contributed by atoms with Gasteiger partial charge in [-0.25, -0.2) is 0 Å². The van der Waals surface area contributed by atoms with E-state index in [1.165, 1.54) is 18.6 Å². The molecule has 0 nitrogen and oxygen atoms in total. The van der Waals surface area contributed by atoms with Gasteiger partial charge in [-0.15, -0.1) is 11.8 Å².